The van der Waals surface area contributed by atoms with Crippen molar-refractivity contribution >= 4 is 18.6 Å². The van der Waals surface area contributed by atoms with Crippen molar-refractivity contribution in [1.82, 2.24) is 0 Å². The zero-order valence-electron chi connectivity index (χ0n) is 8.73. The fourth-order valence-corrected chi connectivity index (χ4v) is 1.58. The molecule has 0 aliphatic rings. The minimum Gasteiger partial charge on any atom is -0.508 e. The molecule has 0 aliphatic heterocycles. The molecule has 0 heterocycles. The Kier molecular flexibility index (Phi) is 4.20. The Morgan fingerprint density at radius 1 is 1.62 bits per heavy atom. The highest BCUT2D eigenvalue weighted by molar-refractivity contribution is 7.80. The number of phenolic OH excluding ortho intramolecular Hbond substituents is 1. The Hall–Kier alpha value is -1.67. The van der Waals surface area contributed by atoms with E-state index in [4.69, 9.17) is 10.00 Å². The van der Waals surface area contributed by atoms with Crippen LogP contribution in [0.5, 0.6) is 5.75 Å². The van der Waals surface area contributed by atoms with Gasteiger partial charge in [-0.2, -0.15) is 5.26 Å². The number of hydrogen-bond acceptors (Lipinski definition) is 5. The van der Waals surface area contributed by atoms with Crippen LogP contribution in [-0.4, -0.2) is 17.7 Å². The molecule has 5 heteroatoms. The second-order valence-electron chi connectivity index (χ2n) is 3.09. The molecule has 1 aromatic carbocycles. The lowest BCUT2D eigenvalue weighted by Crippen LogP contribution is -2.08. The van der Waals surface area contributed by atoms with Crippen LogP contribution in [0.25, 0.3) is 0 Å². The van der Waals surface area contributed by atoms with Gasteiger partial charge in [0.25, 0.3) is 0 Å². The van der Waals surface area contributed by atoms with Gasteiger partial charge in [0.05, 0.1) is 24.7 Å². The molecule has 84 valence electrons. The first-order chi connectivity index (χ1) is 7.58. The summed E-state index contributed by atoms with van der Waals surface area (Å²) in [5, 5.41) is 18.3. The lowest BCUT2D eigenvalue weighted by molar-refractivity contribution is -0.142. The van der Waals surface area contributed by atoms with Gasteiger partial charge in [0.15, 0.2) is 0 Å². The van der Waals surface area contributed by atoms with Gasteiger partial charge in [-0.25, -0.2) is 0 Å². The highest BCUT2D eigenvalue weighted by Crippen LogP contribution is 2.26. The van der Waals surface area contributed by atoms with Crippen LogP contribution in [0, 0.1) is 11.3 Å². The second-order valence-corrected chi connectivity index (χ2v) is 3.57. The van der Waals surface area contributed by atoms with Crippen LogP contribution in [0.1, 0.15) is 18.1 Å². The van der Waals surface area contributed by atoms with Crippen LogP contribution in [0.4, 0.5) is 0 Å². The topological polar surface area (TPSA) is 70.3 Å². The van der Waals surface area contributed by atoms with Crippen LogP contribution in [-0.2, 0) is 16.0 Å². The number of benzene rings is 1. The molecule has 0 amide bonds. The summed E-state index contributed by atoms with van der Waals surface area (Å²) in [6, 6.07) is 4.69. The lowest BCUT2D eigenvalue weighted by atomic mass is 10.1. The third-order valence-corrected chi connectivity index (χ3v) is 2.36. The highest BCUT2D eigenvalue weighted by Gasteiger charge is 2.13. The van der Waals surface area contributed by atoms with Crippen molar-refractivity contribution < 1.29 is 14.6 Å². The highest BCUT2D eigenvalue weighted by atomic mass is 32.1. The van der Waals surface area contributed by atoms with Gasteiger partial charge < -0.3 is 9.84 Å². The van der Waals surface area contributed by atoms with Gasteiger partial charge in [0, 0.05) is 10.5 Å². The number of aromatic hydroxyl groups is 1. The van der Waals surface area contributed by atoms with Gasteiger partial charge in [0.1, 0.15) is 5.75 Å². The molecule has 0 unspecified atom stereocenters. The quantitative estimate of drug-likeness (QED) is 0.619. The number of esters is 1. The van der Waals surface area contributed by atoms with Crippen LogP contribution >= 0.6 is 12.6 Å². The molecular weight excluding hydrogens is 226 g/mol. The van der Waals surface area contributed by atoms with Crippen LogP contribution in [0.2, 0.25) is 0 Å². The first kappa shape index (κ1) is 12.4. The average molecular weight is 237 g/mol. The van der Waals surface area contributed by atoms with Crippen molar-refractivity contribution in [3.63, 3.8) is 0 Å². The second kappa shape index (κ2) is 5.42. The number of hydrogen-bond donors (Lipinski definition) is 2. The molecule has 0 radical (unpaired) electrons. The Labute approximate surface area is 98.9 Å². The van der Waals surface area contributed by atoms with Crippen LogP contribution < -0.4 is 0 Å². The zero-order valence-corrected chi connectivity index (χ0v) is 9.62. The molecule has 0 spiro atoms. The van der Waals surface area contributed by atoms with Gasteiger partial charge in [0.2, 0.25) is 0 Å². The zero-order chi connectivity index (χ0) is 12.1. The van der Waals surface area contributed by atoms with E-state index < -0.39 is 5.97 Å². The number of thiol groups is 1. The summed E-state index contributed by atoms with van der Waals surface area (Å²) in [6.07, 6.45) is -0.0514. The fourth-order valence-electron chi connectivity index (χ4n) is 1.24. The van der Waals surface area contributed by atoms with Crippen molar-refractivity contribution in [2.24, 2.45) is 0 Å². The van der Waals surface area contributed by atoms with E-state index in [0.717, 1.165) is 0 Å². The van der Waals surface area contributed by atoms with E-state index in [9.17, 15) is 9.90 Å². The van der Waals surface area contributed by atoms with Crippen molar-refractivity contribution in [2.75, 3.05) is 6.61 Å². The average Bonchev–Trinajstić information content (AvgIpc) is 2.23. The smallest absolute Gasteiger partial charge is 0.310 e. The summed E-state index contributed by atoms with van der Waals surface area (Å²) in [4.78, 5) is 11.6. The molecule has 0 saturated carbocycles. The number of carbonyl (C=O) groups excluding carboxylic acids is 1. The molecule has 0 aromatic heterocycles. The Morgan fingerprint density at radius 2 is 2.31 bits per heavy atom. The van der Waals surface area contributed by atoms with Gasteiger partial charge in [-0.1, -0.05) is 0 Å². The molecule has 16 heavy (non-hydrogen) atoms. The maximum atomic E-state index is 11.2. The first-order valence-corrected chi connectivity index (χ1v) is 5.13. The molecule has 0 aliphatic carbocycles. The van der Waals surface area contributed by atoms with E-state index in [1.165, 1.54) is 12.1 Å². The molecule has 4 nitrogen and oxygen atoms in total. The molecular formula is C11H11NO3S. The van der Waals surface area contributed by atoms with E-state index in [0.29, 0.717) is 16.0 Å². The fraction of sp³-hybridized carbons (Fsp3) is 0.273. The Morgan fingerprint density at radius 3 is 2.81 bits per heavy atom. The molecule has 1 N–H and O–H groups in total. The molecule has 0 bridgehead atoms. The SMILES string of the molecule is CCOC(=O)Cc1c(O)cc(C#N)cc1S. The Balaban J connectivity index is 2.98. The summed E-state index contributed by atoms with van der Waals surface area (Å²) >= 11 is 4.12. The molecule has 0 atom stereocenters. The lowest BCUT2D eigenvalue weighted by Gasteiger charge is -2.07. The third kappa shape index (κ3) is 2.91. The van der Waals surface area contributed by atoms with E-state index in [1.54, 1.807) is 6.92 Å². The van der Waals surface area contributed by atoms with Gasteiger partial charge in [-0.05, 0) is 19.1 Å². The monoisotopic (exact) mass is 237 g/mol. The van der Waals surface area contributed by atoms with Crippen molar-refractivity contribution in [2.45, 2.75) is 18.2 Å². The Bertz CT molecular complexity index is 428. The van der Waals surface area contributed by atoms with Gasteiger partial charge >= 0.3 is 5.97 Å². The number of rotatable bonds is 3. The van der Waals surface area contributed by atoms with E-state index in [1.807, 2.05) is 6.07 Å². The number of nitrogens with zero attached hydrogens (tertiary/aromatic N) is 1. The third-order valence-electron chi connectivity index (χ3n) is 1.96. The van der Waals surface area contributed by atoms with Crippen molar-refractivity contribution in [1.29, 1.82) is 5.26 Å². The maximum absolute atomic E-state index is 11.2. The van der Waals surface area contributed by atoms with Crippen molar-refractivity contribution in [3.05, 3.63) is 23.3 Å². The molecule has 1 rings (SSSR count). The predicted molar refractivity (Wildman–Crippen MR) is 60.4 cm³/mol. The minimum atomic E-state index is -0.433. The number of phenols is 1. The summed E-state index contributed by atoms with van der Waals surface area (Å²) in [5.41, 5.74) is 0.677. The number of ether oxygens (including phenoxy) is 1. The molecule has 0 saturated heterocycles. The van der Waals surface area contributed by atoms with Crippen LogP contribution in [0.3, 0.4) is 0 Å². The largest absolute Gasteiger partial charge is 0.508 e. The summed E-state index contributed by atoms with van der Waals surface area (Å²) in [5.74, 6) is -0.546. The van der Waals surface area contributed by atoms with E-state index in [-0.39, 0.29) is 18.8 Å². The van der Waals surface area contributed by atoms with Crippen LogP contribution in [0.15, 0.2) is 17.0 Å². The summed E-state index contributed by atoms with van der Waals surface area (Å²) < 4.78 is 4.76. The normalized spacial score (nSPS) is 9.56. The summed E-state index contributed by atoms with van der Waals surface area (Å²) in [7, 11) is 0. The van der Waals surface area contributed by atoms with E-state index >= 15 is 0 Å². The standard InChI is InChI=1S/C11H11NO3S/c1-2-15-11(14)5-8-9(13)3-7(6-12)4-10(8)16/h3-4,13,16H,2,5H2,1H3. The molecule has 1 aromatic rings. The summed E-state index contributed by atoms with van der Waals surface area (Å²) in [6.45, 7) is 2.00. The van der Waals surface area contributed by atoms with Crippen molar-refractivity contribution in [3.8, 4) is 11.8 Å². The number of nitriles is 1. The minimum absolute atomic E-state index is 0.0514. The van der Waals surface area contributed by atoms with Gasteiger partial charge in [-0.3, -0.25) is 4.79 Å². The molecule has 0 fully saturated rings. The first-order valence-electron chi connectivity index (χ1n) is 4.69. The predicted octanol–water partition coefficient (Wildman–Crippen LogP) is 1.66. The van der Waals surface area contributed by atoms with E-state index in [2.05, 4.69) is 12.6 Å². The van der Waals surface area contributed by atoms with Gasteiger partial charge in [-0.15, -0.1) is 12.6 Å². The maximum Gasteiger partial charge on any atom is 0.310 e. The number of carbonyl (C=O) groups is 1.